The summed E-state index contributed by atoms with van der Waals surface area (Å²) in [6.45, 7) is 0. The molecular formula is C20H11NO. The van der Waals surface area contributed by atoms with Gasteiger partial charge in [-0.3, -0.25) is 0 Å². The number of aromatic amines is 1. The lowest BCUT2D eigenvalue weighted by molar-refractivity contribution is 0.672. The molecule has 0 amide bonds. The van der Waals surface area contributed by atoms with Gasteiger partial charge in [0.05, 0.1) is 5.52 Å². The van der Waals surface area contributed by atoms with Crippen molar-refractivity contribution in [2.45, 2.75) is 0 Å². The third-order valence-electron chi connectivity index (χ3n) is 4.75. The fraction of sp³-hybridized carbons (Fsp3) is 0. The predicted octanol–water partition coefficient (Wildman–Crippen LogP) is 5.81. The van der Waals surface area contributed by atoms with Gasteiger partial charge in [-0.15, -0.1) is 0 Å². The molecule has 6 rings (SSSR count). The highest BCUT2D eigenvalue weighted by Gasteiger charge is 2.17. The summed E-state index contributed by atoms with van der Waals surface area (Å²) in [5.74, 6) is 0. The number of fused-ring (bicyclic) bond motifs is 4. The number of benzene rings is 4. The van der Waals surface area contributed by atoms with Crippen molar-refractivity contribution in [3.8, 4) is 0 Å². The second-order valence-corrected chi connectivity index (χ2v) is 5.92. The molecule has 0 saturated carbocycles. The first kappa shape index (κ1) is 10.7. The van der Waals surface area contributed by atoms with Gasteiger partial charge >= 0.3 is 0 Å². The number of H-pyrrole nitrogens is 1. The highest BCUT2D eigenvalue weighted by molar-refractivity contribution is 6.30. The first-order valence-electron chi connectivity index (χ1n) is 7.47. The van der Waals surface area contributed by atoms with Crippen molar-refractivity contribution in [1.82, 2.24) is 4.98 Å². The van der Waals surface area contributed by atoms with E-state index in [0.29, 0.717) is 0 Å². The Kier molecular flexibility index (Phi) is 1.66. The largest absolute Gasteiger partial charge is 0.454 e. The number of hydrogen-bond acceptors (Lipinski definition) is 1. The molecule has 2 heterocycles. The lowest BCUT2D eigenvalue weighted by atomic mass is 10.00. The van der Waals surface area contributed by atoms with E-state index >= 15 is 0 Å². The minimum absolute atomic E-state index is 0.943. The van der Waals surface area contributed by atoms with Gasteiger partial charge in [-0.1, -0.05) is 42.5 Å². The Balaban J connectivity index is 2.03. The summed E-state index contributed by atoms with van der Waals surface area (Å²) in [5, 5.41) is 7.47. The van der Waals surface area contributed by atoms with Crippen LogP contribution in [0.3, 0.4) is 0 Å². The first-order valence-corrected chi connectivity index (χ1v) is 7.47. The standard InChI is InChI=1S/C20H11NO/c1-2-7-16-13(5-1)14-10-12-9-8-11-4-3-6-15-17(11)18(12)19(21-15)20(14)22-16/h1-10,21H. The molecule has 6 aromatic rings. The third-order valence-corrected chi connectivity index (χ3v) is 4.75. The molecule has 0 fully saturated rings. The summed E-state index contributed by atoms with van der Waals surface area (Å²) in [5.41, 5.74) is 4.18. The molecule has 22 heavy (non-hydrogen) atoms. The molecule has 0 saturated heterocycles. The van der Waals surface area contributed by atoms with E-state index < -0.39 is 0 Å². The van der Waals surface area contributed by atoms with Crippen molar-refractivity contribution < 1.29 is 4.42 Å². The van der Waals surface area contributed by atoms with Gasteiger partial charge < -0.3 is 9.40 Å². The monoisotopic (exact) mass is 281 g/mol. The molecule has 102 valence electrons. The zero-order valence-corrected chi connectivity index (χ0v) is 11.7. The minimum Gasteiger partial charge on any atom is -0.454 e. The predicted molar refractivity (Wildman–Crippen MR) is 91.8 cm³/mol. The highest BCUT2D eigenvalue weighted by atomic mass is 16.3. The Labute approximate surface area is 125 Å². The Morgan fingerprint density at radius 2 is 1.64 bits per heavy atom. The van der Waals surface area contributed by atoms with Gasteiger partial charge in [-0.05, 0) is 29.0 Å². The molecule has 4 aromatic carbocycles. The molecule has 2 aromatic heterocycles. The van der Waals surface area contributed by atoms with Crippen molar-refractivity contribution in [3.63, 3.8) is 0 Å². The van der Waals surface area contributed by atoms with Gasteiger partial charge in [-0.2, -0.15) is 0 Å². The van der Waals surface area contributed by atoms with E-state index in [9.17, 15) is 0 Å². The minimum atomic E-state index is 0.943. The Hall–Kier alpha value is -3.00. The van der Waals surface area contributed by atoms with Gasteiger partial charge in [-0.25, -0.2) is 0 Å². The fourth-order valence-electron chi connectivity index (χ4n) is 3.81. The summed E-state index contributed by atoms with van der Waals surface area (Å²) in [7, 11) is 0. The third kappa shape index (κ3) is 1.10. The van der Waals surface area contributed by atoms with E-state index in [0.717, 1.165) is 16.7 Å². The van der Waals surface area contributed by atoms with Crippen molar-refractivity contribution in [2.24, 2.45) is 0 Å². The Morgan fingerprint density at radius 3 is 2.64 bits per heavy atom. The highest BCUT2D eigenvalue weighted by Crippen LogP contribution is 2.41. The second kappa shape index (κ2) is 3.42. The maximum atomic E-state index is 6.16. The molecule has 0 aliphatic heterocycles. The van der Waals surface area contributed by atoms with Crippen LogP contribution >= 0.6 is 0 Å². The van der Waals surface area contributed by atoms with Crippen LogP contribution in [0.25, 0.3) is 54.5 Å². The molecule has 0 unspecified atom stereocenters. The van der Waals surface area contributed by atoms with Crippen LogP contribution in [0.2, 0.25) is 0 Å². The zero-order chi connectivity index (χ0) is 14.3. The topological polar surface area (TPSA) is 28.9 Å². The van der Waals surface area contributed by atoms with Crippen LogP contribution in [0.15, 0.2) is 65.1 Å². The Morgan fingerprint density at radius 1 is 0.727 bits per heavy atom. The summed E-state index contributed by atoms with van der Waals surface area (Å²) >= 11 is 0. The van der Waals surface area contributed by atoms with Crippen LogP contribution in [-0.4, -0.2) is 4.98 Å². The van der Waals surface area contributed by atoms with Crippen LogP contribution in [0, 0.1) is 0 Å². The van der Waals surface area contributed by atoms with E-state index in [2.05, 4.69) is 53.5 Å². The van der Waals surface area contributed by atoms with Gasteiger partial charge in [0, 0.05) is 27.1 Å². The summed E-state index contributed by atoms with van der Waals surface area (Å²) in [4.78, 5) is 3.57. The van der Waals surface area contributed by atoms with Crippen LogP contribution in [-0.2, 0) is 0 Å². The molecule has 0 spiro atoms. The van der Waals surface area contributed by atoms with Gasteiger partial charge in [0.2, 0.25) is 0 Å². The molecule has 2 nitrogen and oxygen atoms in total. The van der Waals surface area contributed by atoms with Gasteiger partial charge in [0.15, 0.2) is 5.58 Å². The average Bonchev–Trinajstić information content (AvgIpc) is 3.12. The molecule has 0 aliphatic rings. The van der Waals surface area contributed by atoms with Crippen LogP contribution in [0.4, 0.5) is 0 Å². The SMILES string of the molecule is c1cc2ccc3cc4c5ccccc5oc4c4[nH]c(c1)c2c34. The summed E-state index contributed by atoms with van der Waals surface area (Å²) in [6, 6.07) is 21.3. The molecular weight excluding hydrogens is 270 g/mol. The van der Waals surface area contributed by atoms with E-state index in [1.165, 1.54) is 37.8 Å². The van der Waals surface area contributed by atoms with Crippen molar-refractivity contribution in [3.05, 3.63) is 60.7 Å². The molecule has 0 aliphatic carbocycles. The summed E-state index contributed by atoms with van der Waals surface area (Å²) in [6.07, 6.45) is 0. The van der Waals surface area contributed by atoms with Crippen LogP contribution in [0.5, 0.6) is 0 Å². The average molecular weight is 281 g/mol. The zero-order valence-electron chi connectivity index (χ0n) is 11.7. The van der Waals surface area contributed by atoms with Crippen molar-refractivity contribution in [2.75, 3.05) is 0 Å². The maximum absolute atomic E-state index is 6.16. The van der Waals surface area contributed by atoms with E-state index in [-0.39, 0.29) is 0 Å². The normalized spacial score (nSPS) is 12.5. The van der Waals surface area contributed by atoms with E-state index in [4.69, 9.17) is 4.42 Å². The fourth-order valence-corrected chi connectivity index (χ4v) is 3.81. The smallest absolute Gasteiger partial charge is 0.159 e. The second-order valence-electron chi connectivity index (χ2n) is 5.92. The number of furan rings is 1. The lowest BCUT2D eigenvalue weighted by Crippen LogP contribution is -1.76. The Bertz CT molecular complexity index is 1320. The maximum Gasteiger partial charge on any atom is 0.159 e. The van der Waals surface area contributed by atoms with Gasteiger partial charge in [0.25, 0.3) is 0 Å². The summed E-state index contributed by atoms with van der Waals surface area (Å²) < 4.78 is 6.16. The molecule has 0 atom stereocenters. The first-order chi connectivity index (χ1) is 10.9. The number of para-hydroxylation sites is 1. The van der Waals surface area contributed by atoms with Crippen LogP contribution < -0.4 is 0 Å². The van der Waals surface area contributed by atoms with E-state index in [1.807, 2.05) is 12.1 Å². The number of aromatic nitrogens is 1. The van der Waals surface area contributed by atoms with E-state index in [1.54, 1.807) is 0 Å². The lowest BCUT2D eigenvalue weighted by Gasteiger charge is -2.01. The van der Waals surface area contributed by atoms with Crippen molar-refractivity contribution in [1.29, 1.82) is 0 Å². The van der Waals surface area contributed by atoms with Gasteiger partial charge in [0.1, 0.15) is 5.58 Å². The van der Waals surface area contributed by atoms with Crippen molar-refractivity contribution >= 4 is 54.5 Å². The molecule has 2 heteroatoms. The number of rotatable bonds is 0. The molecule has 1 N–H and O–H groups in total. The number of hydrogen-bond donors (Lipinski definition) is 1. The van der Waals surface area contributed by atoms with Crippen LogP contribution in [0.1, 0.15) is 0 Å². The molecule has 0 bridgehead atoms. The molecule has 0 radical (unpaired) electrons. The number of nitrogens with one attached hydrogen (secondary N) is 1. The quantitative estimate of drug-likeness (QED) is 0.350.